The molecule has 0 aliphatic rings. The van der Waals surface area contributed by atoms with Crippen molar-refractivity contribution in [2.75, 3.05) is 38.7 Å². The number of fused-ring (bicyclic) bond motifs is 1. The van der Waals surface area contributed by atoms with Gasteiger partial charge in [-0.3, -0.25) is 9.69 Å². The van der Waals surface area contributed by atoms with Crippen LogP contribution in [0.25, 0.3) is 10.2 Å². The van der Waals surface area contributed by atoms with Crippen LogP contribution in [0, 0.1) is 12.7 Å². The van der Waals surface area contributed by atoms with Crippen molar-refractivity contribution in [3.63, 3.8) is 0 Å². The SMILES string of the molecule is Cc1ccccc1OCC(=O)N(CCN(C)C)c1nc2c(F)cccc2s1. The third-order valence-corrected chi connectivity index (χ3v) is 5.15. The number of aryl methyl sites for hydroxylation is 1. The van der Waals surface area contributed by atoms with Crippen molar-refractivity contribution >= 4 is 32.6 Å². The van der Waals surface area contributed by atoms with E-state index in [0.29, 0.717) is 34.2 Å². The van der Waals surface area contributed by atoms with Gasteiger partial charge in [0.15, 0.2) is 11.7 Å². The normalized spacial score (nSPS) is 11.1. The van der Waals surface area contributed by atoms with E-state index in [1.165, 1.54) is 17.4 Å². The lowest BCUT2D eigenvalue weighted by atomic mass is 10.2. The van der Waals surface area contributed by atoms with Gasteiger partial charge >= 0.3 is 0 Å². The van der Waals surface area contributed by atoms with Crippen molar-refractivity contribution in [3.05, 3.63) is 53.8 Å². The van der Waals surface area contributed by atoms with Gasteiger partial charge in [0, 0.05) is 13.1 Å². The van der Waals surface area contributed by atoms with Gasteiger partial charge in [-0.1, -0.05) is 35.6 Å². The number of benzene rings is 2. The molecule has 142 valence electrons. The first kappa shape index (κ1) is 19.3. The van der Waals surface area contributed by atoms with Crippen LogP contribution in [0.15, 0.2) is 42.5 Å². The van der Waals surface area contributed by atoms with Gasteiger partial charge in [-0.05, 0) is 44.8 Å². The number of likely N-dealkylation sites (N-methyl/N-ethyl adjacent to an activating group) is 1. The fourth-order valence-corrected chi connectivity index (χ4v) is 3.60. The maximum Gasteiger partial charge on any atom is 0.266 e. The second kappa shape index (κ2) is 8.45. The molecule has 0 radical (unpaired) electrons. The molecule has 7 heteroatoms. The predicted octanol–water partition coefficient (Wildman–Crippen LogP) is 3.72. The molecule has 5 nitrogen and oxygen atoms in total. The molecule has 0 aliphatic heterocycles. The van der Waals surface area contributed by atoms with E-state index in [1.807, 2.05) is 50.2 Å². The average Bonchev–Trinajstić information content (AvgIpc) is 3.06. The maximum absolute atomic E-state index is 14.0. The fourth-order valence-electron chi connectivity index (χ4n) is 2.58. The van der Waals surface area contributed by atoms with Crippen molar-refractivity contribution in [1.29, 1.82) is 0 Å². The van der Waals surface area contributed by atoms with Gasteiger partial charge in [0.2, 0.25) is 0 Å². The predicted molar refractivity (Wildman–Crippen MR) is 107 cm³/mol. The molecule has 3 rings (SSSR count). The second-order valence-corrected chi connectivity index (χ2v) is 7.49. The topological polar surface area (TPSA) is 45.7 Å². The van der Waals surface area contributed by atoms with Gasteiger partial charge in [0.25, 0.3) is 5.91 Å². The Kier molecular flexibility index (Phi) is 6.03. The first-order chi connectivity index (χ1) is 13.0. The van der Waals surface area contributed by atoms with E-state index in [4.69, 9.17) is 4.74 Å². The Morgan fingerprint density at radius 3 is 2.63 bits per heavy atom. The first-order valence-electron chi connectivity index (χ1n) is 8.64. The number of hydrogen-bond donors (Lipinski definition) is 0. The highest BCUT2D eigenvalue weighted by atomic mass is 32.1. The van der Waals surface area contributed by atoms with E-state index >= 15 is 0 Å². The molecule has 0 bridgehead atoms. The smallest absolute Gasteiger partial charge is 0.266 e. The molecule has 0 fully saturated rings. The average molecular weight is 387 g/mol. The third kappa shape index (κ3) is 4.61. The molecule has 0 saturated heterocycles. The van der Waals surface area contributed by atoms with Gasteiger partial charge in [0.1, 0.15) is 17.1 Å². The van der Waals surface area contributed by atoms with Crippen LogP contribution in [-0.2, 0) is 4.79 Å². The molecule has 1 amide bonds. The number of ether oxygens (including phenoxy) is 1. The molecule has 27 heavy (non-hydrogen) atoms. The highest BCUT2D eigenvalue weighted by Gasteiger charge is 2.21. The summed E-state index contributed by atoms with van der Waals surface area (Å²) >= 11 is 1.30. The molecule has 1 heterocycles. The van der Waals surface area contributed by atoms with Crippen LogP contribution >= 0.6 is 11.3 Å². The van der Waals surface area contributed by atoms with Crippen molar-refractivity contribution < 1.29 is 13.9 Å². The summed E-state index contributed by atoms with van der Waals surface area (Å²) in [5.74, 6) is 0.0829. The molecule has 0 N–H and O–H groups in total. The van der Waals surface area contributed by atoms with E-state index in [9.17, 15) is 9.18 Å². The number of halogens is 1. The van der Waals surface area contributed by atoms with Crippen molar-refractivity contribution in [3.8, 4) is 5.75 Å². The number of carbonyl (C=O) groups excluding carboxylic acids is 1. The van der Waals surface area contributed by atoms with E-state index < -0.39 is 0 Å². The minimum absolute atomic E-state index is 0.101. The number of nitrogens with zero attached hydrogens (tertiary/aromatic N) is 3. The Morgan fingerprint density at radius 2 is 1.93 bits per heavy atom. The number of para-hydroxylation sites is 2. The summed E-state index contributed by atoms with van der Waals surface area (Å²) in [7, 11) is 3.87. The summed E-state index contributed by atoms with van der Waals surface area (Å²) in [6.45, 7) is 2.94. The van der Waals surface area contributed by atoms with Gasteiger partial charge in [-0.15, -0.1) is 0 Å². The molecule has 0 aliphatic carbocycles. The van der Waals surface area contributed by atoms with Crippen LogP contribution in [0.4, 0.5) is 9.52 Å². The first-order valence-corrected chi connectivity index (χ1v) is 9.46. The largest absolute Gasteiger partial charge is 0.483 e. The number of aromatic nitrogens is 1. The van der Waals surface area contributed by atoms with Crippen LogP contribution in [0.5, 0.6) is 5.75 Å². The number of carbonyl (C=O) groups is 1. The van der Waals surface area contributed by atoms with Crippen LogP contribution in [0.3, 0.4) is 0 Å². The molecule has 0 atom stereocenters. The Hall–Kier alpha value is -2.51. The molecular weight excluding hydrogens is 365 g/mol. The zero-order valence-electron chi connectivity index (χ0n) is 15.6. The van der Waals surface area contributed by atoms with E-state index in [2.05, 4.69) is 4.98 Å². The van der Waals surface area contributed by atoms with Crippen LogP contribution in [0.1, 0.15) is 5.56 Å². The number of anilines is 1. The molecular formula is C20H22FN3O2S. The monoisotopic (exact) mass is 387 g/mol. The van der Waals surface area contributed by atoms with Crippen LogP contribution in [-0.4, -0.2) is 49.6 Å². The lowest BCUT2D eigenvalue weighted by molar-refractivity contribution is -0.120. The summed E-state index contributed by atoms with van der Waals surface area (Å²) in [6.07, 6.45) is 0. The molecule has 0 saturated carbocycles. The minimum atomic E-state index is -0.383. The van der Waals surface area contributed by atoms with Gasteiger partial charge in [-0.2, -0.15) is 0 Å². The van der Waals surface area contributed by atoms with Crippen molar-refractivity contribution in [2.45, 2.75) is 6.92 Å². The molecule has 2 aromatic carbocycles. The number of amides is 1. The quantitative estimate of drug-likeness (QED) is 0.620. The molecule has 1 aromatic heterocycles. The Balaban J connectivity index is 1.82. The Bertz CT molecular complexity index is 942. The highest BCUT2D eigenvalue weighted by Crippen LogP contribution is 2.30. The molecule has 0 spiro atoms. The van der Waals surface area contributed by atoms with Gasteiger partial charge in [0.05, 0.1) is 4.70 Å². The summed E-state index contributed by atoms with van der Waals surface area (Å²) in [6, 6.07) is 12.4. The minimum Gasteiger partial charge on any atom is -0.483 e. The van der Waals surface area contributed by atoms with Crippen LogP contribution in [0.2, 0.25) is 0 Å². The Morgan fingerprint density at radius 1 is 1.15 bits per heavy atom. The molecule has 3 aromatic rings. The fraction of sp³-hybridized carbons (Fsp3) is 0.300. The summed E-state index contributed by atoms with van der Waals surface area (Å²) in [5, 5.41) is 0.482. The number of hydrogen-bond acceptors (Lipinski definition) is 5. The summed E-state index contributed by atoms with van der Waals surface area (Å²) in [4.78, 5) is 20.8. The third-order valence-electron chi connectivity index (χ3n) is 4.11. The van der Waals surface area contributed by atoms with E-state index in [-0.39, 0.29) is 18.3 Å². The maximum atomic E-state index is 14.0. The van der Waals surface area contributed by atoms with Gasteiger partial charge in [-0.25, -0.2) is 9.37 Å². The number of thiazole rings is 1. The zero-order chi connectivity index (χ0) is 19.4. The van der Waals surface area contributed by atoms with Crippen molar-refractivity contribution in [2.24, 2.45) is 0 Å². The highest BCUT2D eigenvalue weighted by molar-refractivity contribution is 7.22. The summed E-state index contributed by atoms with van der Waals surface area (Å²) in [5.41, 5.74) is 1.26. The standard InChI is InChI=1S/C20H22FN3O2S/c1-14-7-4-5-9-16(14)26-13-18(25)24(12-11-23(2)3)20-22-19-15(21)8-6-10-17(19)27-20/h4-10H,11-13H2,1-3H3. The number of rotatable bonds is 7. The lowest BCUT2D eigenvalue weighted by Crippen LogP contribution is -2.39. The van der Waals surface area contributed by atoms with Crippen LogP contribution < -0.4 is 9.64 Å². The van der Waals surface area contributed by atoms with E-state index in [0.717, 1.165) is 5.56 Å². The lowest BCUT2D eigenvalue weighted by Gasteiger charge is -2.22. The molecule has 0 unspecified atom stereocenters. The van der Waals surface area contributed by atoms with E-state index in [1.54, 1.807) is 17.0 Å². The van der Waals surface area contributed by atoms with Gasteiger partial charge < -0.3 is 9.64 Å². The zero-order valence-corrected chi connectivity index (χ0v) is 16.4. The van der Waals surface area contributed by atoms with Crippen molar-refractivity contribution in [1.82, 2.24) is 9.88 Å². The summed E-state index contributed by atoms with van der Waals surface area (Å²) < 4.78 is 20.4. The second-order valence-electron chi connectivity index (χ2n) is 6.49. The Labute approximate surface area is 162 Å².